The molecule has 0 aliphatic rings. The van der Waals surface area contributed by atoms with E-state index in [4.69, 9.17) is 5.11 Å². The second kappa shape index (κ2) is 7.51. The first-order valence-corrected chi connectivity index (χ1v) is 7.23. The molecule has 2 rings (SSSR count). The van der Waals surface area contributed by atoms with Crippen molar-refractivity contribution in [2.75, 3.05) is 18.5 Å². The zero-order valence-corrected chi connectivity index (χ0v) is 12.0. The second-order valence-corrected chi connectivity index (χ2v) is 5.12. The molecule has 0 unspecified atom stereocenters. The van der Waals surface area contributed by atoms with Gasteiger partial charge in [-0.15, -0.1) is 11.3 Å². The summed E-state index contributed by atoms with van der Waals surface area (Å²) in [5.41, 5.74) is 0.890. The molecule has 0 spiro atoms. The van der Waals surface area contributed by atoms with Crippen molar-refractivity contribution in [3.8, 4) is 0 Å². The molecule has 0 radical (unpaired) electrons. The van der Waals surface area contributed by atoms with Gasteiger partial charge in [0.2, 0.25) is 0 Å². The number of hydrogen-bond acceptors (Lipinski definition) is 5. The zero-order valence-electron chi connectivity index (χ0n) is 11.2. The minimum absolute atomic E-state index is 0.0962. The summed E-state index contributed by atoms with van der Waals surface area (Å²) < 4.78 is 0. The van der Waals surface area contributed by atoms with Gasteiger partial charge < -0.3 is 10.0 Å². The molecular formula is C14H15N3O3S. The summed E-state index contributed by atoms with van der Waals surface area (Å²) in [6, 6.07) is 9.29. The third-order valence-electron chi connectivity index (χ3n) is 2.72. The Morgan fingerprint density at radius 1 is 1.29 bits per heavy atom. The van der Waals surface area contributed by atoms with Gasteiger partial charge in [-0.1, -0.05) is 30.3 Å². The van der Waals surface area contributed by atoms with Gasteiger partial charge in [0.25, 0.3) is 0 Å². The lowest BCUT2D eigenvalue weighted by molar-refractivity contribution is -0.143. The van der Waals surface area contributed by atoms with E-state index >= 15 is 0 Å². The Labute approximate surface area is 126 Å². The summed E-state index contributed by atoms with van der Waals surface area (Å²) >= 11 is 1.23. The van der Waals surface area contributed by atoms with Crippen molar-refractivity contribution >= 4 is 28.3 Å². The van der Waals surface area contributed by atoms with Gasteiger partial charge in [0, 0.05) is 24.7 Å². The largest absolute Gasteiger partial charge is 0.395 e. The normalized spacial score (nSPS) is 10.1. The SMILES string of the molecule is O=C(Nc1nccs1)C(=O)N(CCO)Cc1ccccc1. The number of carbonyl (C=O) groups excluding carboxylic acids is 2. The van der Waals surface area contributed by atoms with Gasteiger partial charge in [0.05, 0.1) is 6.61 Å². The summed E-state index contributed by atoms with van der Waals surface area (Å²) in [7, 11) is 0. The van der Waals surface area contributed by atoms with Crippen molar-refractivity contribution in [1.29, 1.82) is 0 Å². The smallest absolute Gasteiger partial charge is 0.315 e. The van der Waals surface area contributed by atoms with Crippen LogP contribution in [0.4, 0.5) is 5.13 Å². The number of anilines is 1. The number of aliphatic hydroxyl groups excluding tert-OH is 1. The molecular weight excluding hydrogens is 290 g/mol. The Morgan fingerprint density at radius 3 is 2.67 bits per heavy atom. The van der Waals surface area contributed by atoms with Crippen molar-refractivity contribution < 1.29 is 14.7 Å². The van der Waals surface area contributed by atoms with Crippen LogP contribution in [0.25, 0.3) is 0 Å². The zero-order chi connectivity index (χ0) is 15.1. The van der Waals surface area contributed by atoms with E-state index in [1.807, 2.05) is 30.3 Å². The number of hydrogen-bond donors (Lipinski definition) is 2. The number of thiazole rings is 1. The first kappa shape index (κ1) is 15.1. The number of aromatic nitrogens is 1. The Hall–Kier alpha value is -2.25. The van der Waals surface area contributed by atoms with E-state index in [9.17, 15) is 9.59 Å². The molecule has 0 aliphatic heterocycles. The van der Waals surface area contributed by atoms with Crippen LogP contribution in [0.1, 0.15) is 5.56 Å². The molecule has 2 amide bonds. The molecule has 1 aromatic carbocycles. The minimum Gasteiger partial charge on any atom is -0.395 e. The van der Waals surface area contributed by atoms with E-state index < -0.39 is 11.8 Å². The highest BCUT2D eigenvalue weighted by Gasteiger charge is 2.22. The minimum atomic E-state index is -0.755. The van der Waals surface area contributed by atoms with Crippen molar-refractivity contribution in [2.45, 2.75) is 6.54 Å². The number of benzene rings is 1. The fourth-order valence-electron chi connectivity index (χ4n) is 1.76. The van der Waals surface area contributed by atoms with E-state index in [0.717, 1.165) is 5.56 Å². The van der Waals surface area contributed by atoms with Crippen molar-refractivity contribution in [3.05, 3.63) is 47.5 Å². The lowest BCUT2D eigenvalue weighted by Crippen LogP contribution is -2.40. The third kappa shape index (κ3) is 4.37. The Bertz CT molecular complexity index is 587. The molecule has 0 atom stereocenters. The first-order chi connectivity index (χ1) is 10.2. The molecule has 0 fully saturated rings. The number of nitrogens with one attached hydrogen (secondary N) is 1. The summed E-state index contributed by atoms with van der Waals surface area (Å²) in [5.74, 6) is -1.45. The topological polar surface area (TPSA) is 82.5 Å². The van der Waals surface area contributed by atoms with Crippen molar-refractivity contribution in [3.63, 3.8) is 0 Å². The van der Waals surface area contributed by atoms with Gasteiger partial charge in [-0.05, 0) is 5.56 Å². The molecule has 0 aliphatic carbocycles. The van der Waals surface area contributed by atoms with Crippen LogP contribution in [0.5, 0.6) is 0 Å². The van der Waals surface area contributed by atoms with Crippen LogP contribution in [-0.4, -0.2) is 40.0 Å². The predicted octanol–water partition coefficient (Wildman–Crippen LogP) is 1.10. The predicted molar refractivity (Wildman–Crippen MR) is 79.7 cm³/mol. The summed E-state index contributed by atoms with van der Waals surface area (Å²) in [4.78, 5) is 29.2. The number of amides is 2. The molecule has 6 nitrogen and oxygen atoms in total. The monoisotopic (exact) mass is 305 g/mol. The van der Waals surface area contributed by atoms with Gasteiger partial charge in [0.15, 0.2) is 5.13 Å². The highest BCUT2D eigenvalue weighted by Crippen LogP contribution is 2.11. The van der Waals surface area contributed by atoms with Crippen molar-refractivity contribution in [2.24, 2.45) is 0 Å². The first-order valence-electron chi connectivity index (χ1n) is 6.35. The van der Waals surface area contributed by atoms with E-state index in [2.05, 4.69) is 10.3 Å². The lowest BCUT2D eigenvalue weighted by atomic mass is 10.2. The Morgan fingerprint density at radius 2 is 2.05 bits per heavy atom. The fourth-order valence-corrected chi connectivity index (χ4v) is 2.28. The molecule has 7 heteroatoms. The molecule has 1 aromatic heterocycles. The molecule has 0 saturated carbocycles. The van der Waals surface area contributed by atoms with Crippen LogP contribution in [0.3, 0.4) is 0 Å². The second-order valence-electron chi connectivity index (χ2n) is 4.23. The average Bonchev–Trinajstić information content (AvgIpc) is 3.00. The van der Waals surface area contributed by atoms with Gasteiger partial charge in [-0.2, -0.15) is 0 Å². The fraction of sp³-hybridized carbons (Fsp3) is 0.214. The van der Waals surface area contributed by atoms with Crippen LogP contribution in [-0.2, 0) is 16.1 Å². The number of aliphatic hydroxyl groups is 1. The molecule has 0 saturated heterocycles. The van der Waals surface area contributed by atoms with Crippen molar-refractivity contribution in [1.82, 2.24) is 9.88 Å². The highest BCUT2D eigenvalue weighted by molar-refractivity contribution is 7.13. The lowest BCUT2D eigenvalue weighted by Gasteiger charge is -2.20. The maximum atomic E-state index is 12.1. The molecule has 110 valence electrons. The van der Waals surface area contributed by atoms with Crippen LogP contribution in [0, 0.1) is 0 Å². The maximum Gasteiger partial charge on any atom is 0.315 e. The van der Waals surface area contributed by atoms with Crippen LogP contribution >= 0.6 is 11.3 Å². The van der Waals surface area contributed by atoms with Crippen LogP contribution in [0.2, 0.25) is 0 Å². The number of nitrogens with zero attached hydrogens (tertiary/aromatic N) is 2. The molecule has 21 heavy (non-hydrogen) atoms. The number of carbonyl (C=O) groups is 2. The average molecular weight is 305 g/mol. The van der Waals surface area contributed by atoms with E-state index in [-0.39, 0.29) is 19.7 Å². The summed E-state index contributed by atoms with van der Waals surface area (Å²) in [6.45, 7) is 0.160. The molecule has 2 aromatic rings. The van der Waals surface area contributed by atoms with E-state index in [1.165, 1.54) is 16.2 Å². The van der Waals surface area contributed by atoms with Crippen LogP contribution in [0.15, 0.2) is 41.9 Å². The quantitative estimate of drug-likeness (QED) is 0.811. The maximum absolute atomic E-state index is 12.1. The van der Waals surface area contributed by atoms with Gasteiger partial charge in [-0.3, -0.25) is 14.9 Å². The highest BCUT2D eigenvalue weighted by atomic mass is 32.1. The molecule has 1 heterocycles. The summed E-state index contributed by atoms with van der Waals surface area (Å²) in [5, 5.41) is 13.6. The Balaban J connectivity index is 2.02. The summed E-state index contributed by atoms with van der Waals surface area (Å²) in [6.07, 6.45) is 1.54. The Kier molecular flexibility index (Phi) is 5.42. The van der Waals surface area contributed by atoms with Gasteiger partial charge in [-0.25, -0.2) is 4.98 Å². The molecule has 0 bridgehead atoms. The van der Waals surface area contributed by atoms with Gasteiger partial charge in [0.1, 0.15) is 0 Å². The standard InChI is InChI=1S/C14H15N3O3S/c18-8-7-17(10-11-4-2-1-3-5-11)13(20)12(19)16-14-15-6-9-21-14/h1-6,9,18H,7-8,10H2,(H,15,16,19). The van der Waals surface area contributed by atoms with Gasteiger partial charge >= 0.3 is 11.8 Å². The van der Waals surface area contributed by atoms with E-state index in [0.29, 0.717) is 5.13 Å². The number of rotatable bonds is 5. The van der Waals surface area contributed by atoms with Crippen LogP contribution < -0.4 is 5.32 Å². The molecule has 2 N–H and O–H groups in total. The third-order valence-corrected chi connectivity index (χ3v) is 3.41. The van der Waals surface area contributed by atoms with E-state index in [1.54, 1.807) is 11.6 Å².